The fourth-order valence-electron chi connectivity index (χ4n) is 4.08. The van der Waals surface area contributed by atoms with Crippen molar-refractivity contribution in [3.05, 3.63) is 0 Å². The van der Waals surface area contributed by atoms with E-state index in [1.165, 1.54) is 25.7 Å². The lowest BCUT2D eigenvalue weighted by Gasteiger charge is -2.52. The average molecular weight is 266 g/mol. The fraction of sp³-hybridized carbons (Fsp3) is 0.941. The number of esters is 1. The van der Waals surface area contributed by atoms with E-state index >= 15 is 0 Å². The highest BCUT2D eigenvalue weighted by Gasteiger charge is 2.51. The van der Waals surface area contributed by atoms with Crippen LogP contribution in [-0.2, 0) is 9.53 Å². The molecule has 2 heteroatoms. The molecule has 19 heavy (non-hydrogen) atoms. The van der Waals surface area contributed by atoms with Gasteiger partial charge in [0.05, 0.1) is 5.41 Å². The summed E-state index contributed by atoms with van der Waals surface area (Å²) in [5.74, 6) is 2.62. The lowest BCUT2D eigenvalue weighted by atomic mass is 9.58. The Morgan fingerprint density at radius 3 is 2.32 bits per heavy atom. The molecule has 2 saturated carbocycles. The zero-order valence-corrected chi connectivity index (χ0v) is 13.5. The van der Waals surface area contributed by atoms with Gasteiger partial charge >= 0.3 is 5.97 Å². The van der Waals surface area contributed by atoms with E-state index in [4.69, 9.17) is 4.74 Å². The molecular formula is C17H30O2. The normalized spacial score (nSPS) is 42.8. The van der Waals surface area contributed by atoms with Gasteiger partial charge in [-0.05, 0) is 77.0 Å². The molecule has 0 heterocycles. The lowest BCUT2D eigenvalue weighted by Crippen LogP contribution is -2.53. The summed E-state index contributed by atoms with van der Waals surface area (Å²) < 4.78 is 6.05. The molecule has 5 atom stereocenters. The van der Waals surface area contributed by atoms with E-state index < -0.39 is 5.41 Å². The van der Waals surface area contributed by atoms with Gasteiger partial charge in [0, 0.05) is 0 Å². The zero-order chi connectivity index (χ0) is 14.4. The first-order valence-corrected chi connectivity index (χ1v) is 7.86. The Labute approximate surface area is 118 Å². The third-order valence-electron chi connectivity index (χ3n) is 5.44. The van der Waals surface area contributed by atoms with E-state index in [0.717, 1.165) is 11.8 Å². The molecule has 110 valence electrons. The van der Waals surface area contributed by atoms with Gasteiger partial charge in [-0.3, -0.25) is 4.79 Å². The second-order valence-corrected chi connectivity index (χ2v) is 8.34. The molecular weight excluding hydrogens is 236 g/mol. The van der Waals surface area contributed by atoms with Gasteiger partial charge in [-0.2, -0.15) is 0 Å². The van der Waals surface area contributed by atoms with Crippen LogP contribution in [0.25, 0.3) is 0 Å². The lowest BCUT2D eigenvalue weighted by molar-refractivity contribution is -0.193. The first kappa shape index (κ1) is 14.9. The average Bonchev–Trinajstić information content (AvgIpc) is 2.24. The summed E-state index contributed by atoms with van der Waals surface area (Å²) in [7, 11) is 0. The second kappa shape index (κ2) is 4.79. The number of ether oxygens (including phenoxy) is 1. The molecule has 2 aliphatic rings. The van der Waals surface area contributed by atoms with Crippen molar-refractivity contribution >= 4 is 5.97 Å². The first-order chi connectivity index (χ1) is 8.63. The van der Waals surface area contributed by atoms with E-state index in [9.17, 15) is 4.79 Å². The van der Waals surface area contributed by atoms with Crippen molar-refractivity contribution < 1.29 is 9.53 Å². The Bertz CT molecular complexity index is 351. The van der Waals surface area contributed by atoms with Crippen LogP contribution in [-0.4, -0.2) is 11.6 Å². The molecule has 0 aromatic heterocycles. The number of hydrogen-bond donors (Lipinski definition) is 0. The Morgan fingerprint density at radius 2 is 1.74 bits per heavy atom. The van der Waals surface area contributed by atoms with Crippen LogP contribution < -0.4 is 0 Å². The maximum Gasteiger partial charge on any atom is 0.311 e. The van der Waals surface area contributed by atoms with Gasteiger partial charge in [0.2, 0.25) is 0 Å². The van der Waals surface area contributed by atoms with Crippen molar-refractivity contribution in [3.63, 3.8) is 0 Å². The van der Waals surface area contributed by atoms with Crippen molar-refractivity contribution in [1.29, 1.82) is 0 Å². The van der Waals surface area contributed by atoms with E-state index in [2.05, 4.69) is 20.8 Å². The number of fused-ring (bicyclic) bond motifs is 2. The van der Waals surface area contributed by atoms with Crippen LogP contribution in [0.15, 0.2) is 0 Å². The number of rotatable bonds is 1. The zero-order valence-electron chi connectivity index (χ0n) is 13.5. The van der Waals surface area contributed by atoms with E-state index in [-0.39, 0.29) is 11.6 Å². The molecule has 2 fully saturated rings. The van der Waals surface area contributed by atoms with Crippen molar-refractivity contribution in [3.8, 4) is 0 Å². The molecule has 2 aliphatic carbocycles. The summed E-state index contributed by atoms with van der Waals surface area (Å²) in [4.78, 5) is 12.3. The molecule has 2 bridgehead atoms. The molecule has 0 aromatic rings. The molecule has 0 radical (unpaired) electrons. The van der Waals surface area contributed by atoms with Gasteiger partial charge in [0.1, 0.15) is 5.60 Å². The Balaban J connectivity index is 2.18. The number of carbonyl (C=O) groups is 1. The Kier molecular flexibility index (Phi) is 3.75. The monoisotopic (exact) mass is 266 g/mol. The molecule has 0 amide bonds. The second-order valence-electron chi connectivity index (χ2n) is 8.34. The minimum atomic E-state index is -0.403. The van der Waals surface area contributed by atoms with Gasteiger partial charge in [0.25, 0.3) is 0 Å². The summed E-state index contributed by atoms with van der Waals surface area (Å²) in [5.41, 5.74) is -0.657. The minimum Gasteiger partial charge on any atom is -0.458 e. The van der Waals surface area contributed by atoms with Gasteiger partial charge in [0.15, 0.2) is 0 Å². The van der Waals surface area contributed by atoms with Crippen LogP contribution in [0.5, 0.6) is 0 Å². The van der Waals surface area contributed by atoms with Crippen molar-refractivity contribution in [2.24, 2.45) is 29.1 Å². The van der Waals surface area contributed by atoms with Crippen LogP contribution in [0.1, 0.15) is 67.2 Å². The smallest absolute Gasteiger partial charge is 0.311 e. The third-order valence-corrected chi connectivity index (χ3v) is 5.44. The standard InChI is InChI=1S/C17H30O2/c1-11-7-13-9-12(2)17(6,14(8-11)10-13)19-15(18)16(3,4)5/h11-14H,7-10H2,1-6H3. The van der Waals surface area contributed by atoms with Crippen LogP contribution >= 0.6 is 0 Å². The predicted molar refractivity (Wildman–Crippen MR) is 77.7 cm³/mol. The quantitative estimate of drug-likeness (QED) is 0.656. The van der Waals surface area contributed by atoms with Crippen LogP contribution in [0.4, 0.5) is 0 Å². The van der Waals surface area contributed by atoms with E-state index in [0.29, 0.717) is 11.8 Å². The first-order valence-electron chi connectivity index (χ1n) is 7.86. The van der Waals surface area contributed by atoms with Crippen molar-refractivity contribution in [2.45, 2.75) is 72.8 Å². The molecule has 0 aromatic carbocycles. The third kappa shape index (κ3) is 2.83. The van der Waals surface area contributed by atoms with Crippen LogP contribution in [0.3, 0.4) is 0 Å². The van der Waals surface area contributed by atoms with Crippen LogP contribution in [0.2, 0.25) is 0 Å². The highest BCUT2D eigenvalue weighted by molar-refractivity contribution is 5.75. The summed E-state index contributed by atoms with van der Waals surface area (Å²) in [5, 5.41) is 0. The molecule has 2 rings (SSSR count). The Hall–Kier alpha value is -0.530. The topological polar surface area (TPSA) is 26.3 Å². The fourth-order valence-corrected chi connectivity index (χ4v) is 4.08. The molecule has 0 N–H and O–H groups in total. The van der Waals surface area contributed by atoms with Gasteiger partial charge in [-0.25, -0.2) is 0 Å². The summed E-state index contributed by atoms with van der Waals surface area (Å²) in [6.45, 7) is 12.6. The summed E-state index contributed by atoms with van der Waals surface area (Å²) in [6.07, 6.45) is 5.05. The van der Waals surface area contributed by atoms with Gasteiger partial charge < -0.3 is 4.74 Å². The number of carbonyl (C=O) groups excluding carboxylic acids is 1. The number of hydrogen-bond acceptors (Lipinski definition) is 2. The summed E-state index contributed by atoms with van der Waals surface area (Å²) >= 11 is 0. The molecule has 0 saturated heterocycles. The maximum atomic E-state index is 12.3. The van der Waals surface area contributed by atoms with Gasteiger partial charge in [-0.1, -0.05) is 13.8 Å². The maximum absolute atomic E-state index is 12.3. The summed E-state index contributed by atoms with van der Waals surface area (Å²) in [6, 6.07) is 0. The minimum absolute atomic E-state index is 0.0430. The highest BCUT2D eigenvalue weighted by atomic mass is 16.6. The SMILES string of the molecule is CC1CC2CC(C)C(C)(OC(=O)C(C)(C)C)C(C1)C2. The molecule has 5 unspecified atom stereocenters. The van der Waals surface area contributed by atoms with Gasteiger partial charge in [-0.15, -0.1) is 0 Å². The molecule has 0 aliphatic heterocycles. The molecule has 0 spiro atoms. The molecule has 2 nitrogen and oxygen atoms in total. The predicted octanol–water partition coefficient (Wildman–Crippen LogP) is 4.43. The van der Waals surface area contributed by atoms with E-state index in [1.54, 1.807) is 0 Å². The Morgan fingerprint density at radius 1 is 1.11 bits per heavy atom. The largest absolute Gasteiger partial charge is 0.458 e. The van der Waals surface area contributed by atoms with E-state index in [1.807, 2.05) is 20.8 Å². The van der Waals surface area contributed by atoms with Crippen LogP contribution in [0, 0.1) is 29.1 Å². The van der Waals surface area contributed by atoms with Crippen molar-refractivity contribution in [1.82, 2.24) is 0 Å². The highest BCUT2D eigenvalue weighted by Crippen LogP contribution is 2.51. The van der Waals surface area contributed by atoms with Crippen molar-refractivity contribution in [2.75, 3.05) is 0 Å².